The molecule has 2 N–H and O–H groups in total. The molecule has 2 aliphatic rings. The van der Waals surface area contributed by atoms with Crippen molar-refractivity contribution in [3.05, 3.63) is 84.2 Å². The van der Waals surface area contributed by atoms with Crippen molar-refractivity contribution in [1.29, 1.82) is 0 Å². The summed E-state index contributed by atoms with van der Waals surface area (Å²) in [6.45, 7) is 14.1. The third-order valence-electron chi connectivity index (χ3n) is 5.56. The van der Waals surface area contributed by atoms with Crippen molar-refractivity contribution >= 4 is 17.6 Å². The molecule has 1 aromatic carbocycles. The Bertz CT molecular complexity index is 950. The molecule has 0 unspecified atom stereocenters. The summed E-state index contributed by atoms with van der Waals surface area (Å²) in [7, 11) is 1.62. The third kappa shape index (κ3) is 4.38. The molecule has 1 heterocycles. The number of aliphatic imine (C=N–C) groups is 1. The number of carbonyl (C=O) groups is 1. The van der Waals surface area contributed by atoms with Gasteiger partial charge in [0.15, 0.2) is 5.96 Å². The standard InChI is InChI=1S/C23H26N4O.CH3.Li/c1-14-7-10-17(13-18(14)24)23(5)19(20(28)27(6)21(25)26-23)15-8-11-16(12-9-15)22(2,3)4;;/h1,7-13,19H,2-6H3,(H2,25,26);1H3;/q-2;-1;+1/t19-,23-;;/m1../s1. The SMILES string of the molecule is [CH-]=C1C=CC([C@@]2(C)N=C(N)N(C)C(=O)[C@H]2c2ccc(C(C)(C)C)cc2)=CC1=[N-].[CH3-].[Li+]. The number of amides is 1. The van der Waals surface area contributed by atoms with Gasteiger partial charge >= 0.3 is 18.9 Å². The van der Waals surface area contributed by atoms with E-state index in [0.29, 0.717) is 5.57 Å². The van der Waals surface area contributed by atoms with Crippen LogP contribution < -0.4 is 24.6 Å². The number of allylic oxidation sites excluding steroid dienone is 3. The Labute approximate surface area is 192 Å². The molecule has 3 rings (SSSR count). The van der Waals surface area contributed by atoms with Gasteiger partial charge in [0.05, 0.1) is 5.92 Å². The number of carbonyl (C=O) groups excluding carboxylic acids is 1. The van der Waals surface area contributed by atoms with E-state index in [-0.39, 0.29) is 54.9 Å². The van der Waals surface area contributed by atoms with Crippen LogP contribution in [0.25, 0.3) is 5.41 Å². The number of hydrogen-bond acceptors (Lipinski definition) is 3. The molecule has 1 aromatic rings. The second-order valence-corrected chi connectivity index (χ2v) is 8.59. The normalized spacial score (nSPS) is 24.0. The molecule has 0 spiro atoms. The first-order valence-electron chi connectivity index (χ1n) is 9.27. The number of hydrogen-bond donors (Lipinski definition) is 1. The van der Waals surface area contributed by atoms with Gasteiger partial charge in [-0.15, -0.1) is 12.2 Å². The van der Waals surface area contributed by atoms with Gasteiger partial charge in [0.25, 0.3) is 0 Å². The van der Waals surface area contributed by atoms with Gasteiger partial charge < -0.3 is 18.6 Å². The van der Waals surface area contributed by atoms with Crippen molar-refractivity contribution in [1.82, 2.24) is 4.90 Å². The smallest absolute Gasteiger partial charge is 0.872 e. The van der Waals surface area contributed by atoms with Crippen molar-refractivity contribution in [2.45, 2.75) is 44.6 Å². The minimum absolute atomic E-state index is 0. The molecule has 154 valence electrons. The van der Waals surface area contributed by atoms with E-state index in [2.05, 4.69) is 25.8 Å². The van der Waals surface area contributed by atoms with Crippen LogP contribution in [0.5, 0.6) is 0 Å². The molecule has 6 heteroatoms. The molecule has 5 nitrogen and oxygen atoms in total. The molecular formula is C24H29LiN4O-2. The van der Waals surface area contributed by atoms with E-state index in [1.807, 2.05) is 31.2 Å². The van der Waals surface area contributed by atoms with Gasteiger partial charge in [0.2, 0.25) is 5.91 Å². The summed E-state index contributed by atoms with van der Waals surface area (Å²) in [5.74, 6) is -0.581. The minimum Gasteiger partial charge on any atom is -0.872 e. The summed E-state index contributed by atoms with van der Waals surface area (Å²) in [6.07, 6.45) is 4.95. The molecule has 1 aliphatic heterocycles. The Morgan fingerprint density at radius 1 is 1.20 bits per heavy atom. The van der Waals surface area contributed by atoms with Crippen LogP contribution in [-0.2, 0) is 10.2 Å². The predicted octanol–water partition coefficient (Wildman–Crippen LogP) is 0.933. The molecule has 0 saturated carbocycles. The topological polar surface area (TPSA) is 81.0 Å². The largest absolute Gasteiger partial charge is 1.00 e. The Hall–Kier alpha value is -2.35. The van der Waals surface area contributed by atoms with Gasteiger partial charge in [0.1, 0.15) is 5.54 Å². The molecule has 30 heavy (non-hydrogen) atoms. The van der Waals surface area contributed by atoms with Gasteiger partial charge in [-0.3, -0.25) is 15.4 Å². The zero-order chi connectivity index (χ0) is 20.9. The first kappa shape index (κ1) is 25.7. The van der Waals surface area contributed by atoms with Crippen LogP contribution in [0.1, 0.15) is 44.7 Å². The van der Waals surface area contributed by atoms with Crippen LogP contribution in [0, 0.1) is 14.0 Å². The summed E-state index contributed by atoms with van der Waals surface area (Å²) in [4.78, 5) is 19.3. The fourth-order valence-electron chi connectivity index (χ4n) is 3.66. The van der Waals surface area contributed by atoms with Crippen LogP contribution in [0.2, 0.25) is 0 Å². The first-order valence-corrected chi connectivity index (χ1v) is 9.27. The van der Waals surface area contributed by atoms with E-state index in [9.17, 15) is 10.2 Å². The van der Waals surface area contributed by atoms with Crippen LogP contribution >= 0.6 is 0 Å². The summed E-state index contributed by atoms with van der Waals surface area (Å²) < 4.78 is 0. The van der Waals surface area contributed by atoms with Crippen LogP contribution in [0.15, 0.2) is 58.6 Å². The van der Waals surface area contributed by atoms with Gasteiger partial charge in [-0.05, 0) is 29.0 Å². The van der Waals surface area contributed by atoms with Crippen molar-refractivity contribution < 1.29 is 23.7 Å². The predicted molar refractivity (Wildman–Crippen MR) is 120 cm³/mol. The number of benzene rings is 1. The number of likely N-dealkylation sites (N-methyl/N-ethyl adjacent to an activating group) is 1. The summed E-state index contributed by atoms with van der Waals surface area (Å²) in [6, 6.07) is 8.04. The first-order chi connectivity index (χ1) is 12.9. The molecular weight excluding hydrogens is 367 g/mol. The zero-order valence-electron chi connectivity index (χ0n) is 19.0. The van der Waals surface area contributed by atoms with Gasteiger partial charge in [-0.25, -0.2) is 17.1 Å². The molecule has 0 fully saturated rings. The Morgan fingerprint density at radius 2 is 1.77 bits per heavy atom. The van der Waals surface area contributed by atoms with Crippen molar-refractivity contribution in [3.8, 4) is 0 Å². The zero-order valence-corrected chi connectivity index (χ0v) is 19.0. The van der Waals surface area contributed by atoms with Crippen molar-refractivity contribution in [3.63, 3.8) is 0 Å². The van der Waals surface area contributed by atoms with Gasteiger partial charge in [-0.2, -0.15) is 6.08 Å². The third-order valence-corrected chi connectivity index (χ3v) is 5.56. The number of nitrogens with zero attached hydrogens (tertiary/aromatic N) is 3. The average molecular weight is 396 g/mol. The number of rotatable bonds is 2. The molecule has 1 amide bonds. The maximum Gasteiger partial charge on any atom is 1.00 e. The van der Waals surface area contributed by atoms with E-state index in [1.54, 1.807) is 25.3 Å². The minimum atomic E-state index is -0.970. The summed E-state index contributed by atoms with van der Waals surface area (Å²) in [5.41, 5.74) is 8.02. The fraction of sp³-hybridized carbons (Fsp3) is 0.333. The second-order valence-electron chi connectivity index (χ2n) is 8.59. The maximum atomic E-state index is 13.2. The van der Waals surface area contributed by atoms with E-state index in [0.717, 1.165) is 5.56 Å². The van der Waals surface area contributed by atoms with E-state index >= 15 is 0 Å². The Balaban J connectivity index is 0.00000225. The fourth-order valence-corrected chi connectivity index (χ4v) is 3.66. The van der Waals surface area contributed by atoms with Crippen molar-refractivity contribution in [2.24, 2.45) is 10.7 Å². The second kappa shape index (κ2) is 8.79. The summed E-state index contributed by atoms with van der Waals surface area (Å²) >= 11 is 0. The van der Waals surface area contributed by atoms with E-state index in [1.165, 1.54) is 10.5 Å². The quantitative estimate of drug-likeness (QED) is 0.596. The monoisotopic (exact) mass is 396 g/mol. The number of nitrogens with two attached hydrogens (primary N) is 1. The van der Waals surface area contributed by atoms with Crippen LogP contribution in [-0.4, -0.2) is 35.1 Å². The summed E-state index contributed by atoms with van der Waals surface area (Å²) in [5, 5.41) is 10.1. The molecule has 1 aliphatic carbocycles. The average Bonchev–Trinajstić information content (AvgIpc) is 2.62. The van der Waals surface area contributed by atoms with E-state index < -0.39 is 11.5 Å². The molecule has 0 bridgehead atoms. The molecule has 2 atom stereocenters. The molecule has 0 radical (unpaired) electrons. The van der Waals surface area contributed by atoms with Crippen LogP contribution in [0.4, 0.5) is 0 Å². The molecule has 0 aromatic heterocycles. The van der Waals surface area contributed by atoms with E-state index in [4.69, 9.17) is 12.3 Å². The Kier molecular flexibility index (Phi) is 7.53. The molecule has 0 saturated heterocycles. The van der Waals surface area contributed by atoms with Gasteiger partial charge in [0, 0.05) is 7.05 Å². The number of guanidine groups is 1. The Morgan fingerprint density at radius 3 is 2.27 bits per heavy atom. The van der Waals surface area contributed by atoms with Gasteiger partial charge in [-0.1, -0.05) is 45.0 Å². The van der Waals surface area contributed by atoms with Crippen molar-refractivity contribution in [2.75, 3.05) is 7.05 Å². The maximum absolute atomic E-state index is 13.2. The van der Waals surface area contributed by atoms with Crippen LogP contribution in [0.3, 0.4) is 0 Å².